The van der Waals surface area contributed by atoms with Crippen LogP contribution in [-0.4, -0.2) is 51.3 Å². The Hall–Kier alpha value is -4.50. The number of para-hydroxylation sites is 1. The predicted molar refractivity (Wildman–Crippen MR) is 151 cm³/mol. The maximum Gasteiger partial charge on any atom is 0.252 e. The number of rotatable bonds is 6. The number of hydrogen-bond acceptors (Lipinski definition) is 7. The lowest BCUT2D eigenvalue weighted by atomic mass is 10.1. The summed E-state index contributed by atoms with van der Waals surface area (Å²) in [5.41, 5.74) is 5.36. The highest BCUT2D eigenvalue weighted by Gasteiger charge is 2.24. The van der Waals surface area contributed by atoms with Crippen molar-refractivity contribution in [1.82, 2.24) is 30.8 Å². The third-order valence-corrected chi connectivity index (χ3v) is 7.60. The first-order valence-electron chi connectivity index (χ1n) is 13.4. The zero-order valence-electron chi connectivity index (χ0n) is 21.4. The molecule has 0 saturated carbocycles. The molecule has 0 bridgehead atoms. The van der Waals surface area contributed by atoms with E-state index in [1.807, 2.05) is 42.5 Å². The Balaban J connectivity index is 1.15. The van der Waals surface area contributed by atoms with E-state index in [2.05, 4.69) is 43.3 Å². The SMILES string of the molecule is O=C(NC1Cc2ccccc2C1)c1cc(Nc2ncc3cccc(OC4CCNCC4)c3n2)cc2[nH]ncc12. The van der Waals surface area contributed by atoms with Gasteiger partial charge in [0.05, 0.1) is 17.3 Å². The second kappa shape index (κ2) is 9.99. The average Bonchev–Trinajstić information content (AvgIpc) is 3.60. The molecule has 5 aromatic rings. The monoisotopic (exact) mass is 519 g/mol. The molecule has 0 spiro atoms. The van der Waals surface area contributed by atoms with E-state index in [0.29, 0.717) is 17.2 Å². The van der Waals surface area contributed by atoms with Crippen molar-refractivity contribution >= 4 is 39.3 Å². The van der Waals surface area contributed by atoms with Crippen LogP contribution >= 0.6 is 0 Å². The molecule has 1 amide bonds. The Kier molecular flexibility index (Phi) is 6.05. The van der Waals surface area contributed by atoms with E-state index in [1.54, 1.807) is 12.4 Å². The summed E-state index contributed by atoms with van der Waals surface area (Å²) < 4.78 is 6.33. The minimum absolute atomic E-state index is 0.0654. The number of H-pyrrole nitrogens is 1. The Morgan fingerprint density at radius 2 is 1.79 bits per heavy atom. The smallest absolute Gasteiger partial charge is 0.252 e. The van der Waals surface area contributed by atoms with Gasteiger partial charge in [-0.05, 0) is 68.1 Å². The summed E-state index contributed by atoms with van der Waals surface area (Å²) in [6.45, 7) is 1.91. The van der Waals surface area contributed by atoms with Gasteiger partial charge >= 0.3 is 0 Å². The van der Waals surface area contributed by atoms with E-state index in [1.165, 1.54) is 11.1 Å². The quantitative estimate of drug-likeness (QED) is 0.265. The average molecular weight is 520 g/mol. The maximum atomic E-state index is 13.4. The first kappa shape index (κ1) is 23.6. The number of nitrogens with zero attached hydrogens (tertiary/aromatic N) is 3. The number of aromatic amines is 1. The number of carbonyl (C=O) groups excluding carboxylic acids is 1. The zero-order valence-corrected chi connectivity index (χ0v) is 21.4. The first-order chi connectivity index (χ1) is 19.2. The van der Waals surface area contributed by atoms with Crippen LogP contribution in [0.5, 0.6) is 5.75 Å². The number of benzene rings is 3. The normalized spacial score (nSPS) is 15.9. The molecule has 1 aliphatic heterocycles. The summed E-state index contributed by atoms with van der Waals surface area (Å²) in [5, 5.41) is 18.7. The van der Waals surface area contributed by atoms with Crippen LogP contribution in [0.4, 0.5) is 11.6 Å². The van der Waals surface area contributed by atoms with Crippen LogP contribution in [0.3, 0.4) is 0 Å². The molecule has 39 heavy (non-hydrogen) atoms. The number of piperidine rings is 1. The molecule has 3 aromatic carbocycles. The van der Waals surface area contributed by atoms with Crippen LogP contribution in [0.15, 0.2) is 67.0 Å². The molecular formula is C30H29N7O2. The molecule has 9 heteroatoms. The largest absolute Gasteiger partial charge is 0.488 e. The van der Waals surface area contributed by atoms with Crippen LogP contribution in [-0.2, 0) is 12.8 Å². The van der Waals surface area contributed by atoms with Crippen molar-refractivity contribution in [3.8, 4) is 5.75 Å². The molecule has 1 aliphatic carbocycles. The van der Waals surface area contributed by atoms with Crippen LogP contribution < -0.4 is 20.7 Å². The van der Waals surface area contributed by atoms with Crippen molar-refractivity contribution in [2.24, 2.45) is 0 Å². The second-order valence-corrected chi connectivity index (χ2v) is 10.3. The lowest BCUT2D eigenvalue weighted by Crippen LogP contribution is -2.35. The van der Waals surface area contributed by atoms with Crippen molar-refractivity contribution in [2.45, 2.75) is 37.8 Å². The molecule has 1 fully saturated rings. The van der Waals surface area contributed by atoms with Crippen LogP contribution in [0, 0.1) is 0 Å². The second-order valence-electron chi connectivity index (χ2n) is 10.3. The van der Waals surface area contributed by atoms with Crippen molar-refractivity contribution < 1.29 is 9.53 Å². The Labute approximate surface area is 225 Å². The number of anilines is 2. The third kappa shape index (κ3) is 4.77. The molecule has 0 radical (unpaired) electrons. The summed E-state index contributed by atoms with van der Waals surface area (Å²) in [6, 6.07) is 18.1. The number of carbonyl (C=O) groups is 1. The van der Waals surface area contributed by atoms with Gasteiger partial charge in [0.25, 0.3) is 5.91 Å². The van der Waals surface area contributed by atoms with E-state index in [0.717, 1.165) is 66.3 Å². The summed E-state index contributed by atoms with van der Waals surface area (Å²) in [6.07, 6.45) is 7.25. The number of aromatic nitrogens is 4. The van der Waals surface area contributed by atoms with Crippen LogP contribution in [0.2, 0.25) is 0 Å². The fourth-order valence-corrected chi connectivity index (χ4v) is 5.64. The molecule has 0 unspecified atom stereocenters. The highest BCUT2D eigenvalue weighted by atomic mass is 16.5. The highest BCUT2D eigenvalue weighted by Crippen LogP contribution is 2.29. The van der Waals surface area contributed by atoms with Crippen molar-refractivity contribution in [3.05, 3.63) is 83.7 Å². The number of ether oxygens (including phenoxy) is 1. The zero-order chi connectivity index (χ0) is 26.2. The molecule has 7 rings (SSSR count). The first-order valence-corrected chi connectivity index (χ1v) is 13.4. The predicted octanol–water partition coefficient (Wildman–Crippen LogP) is 4.28. The number of hydrogen-bond donors (Lipinski definition) is 4. The summed E-state index contributed by atoms with van der Waals surface area (Å²) in [4.78, 5) is 22.8. The minimum Gasteiger partial charge on any atom is -0.488 e. The molecule has 0 atom stereocenters. The molecule has 1 saturated heterocycles. The number of fused-ring (bicyclic) bond motifs is 3. The number of amides is 1. The van der Waals surface area contributed by atoms with Gasteiger partial charge < -0.3 is 20.7 Å². The van der Waals surface area contributed by atoms with Gasteiger partial charge in [0.2, 0.25) is 5.95 Å². The highest BCUT2D eigenvalue weighted by molar-refractivity contribution is 6.07. The van der Waals surface area contributed by atoms with E-state index < -0.39 is 0 Å². The van der Waals surface area contributed by atoms with Crippen molar-refractivity contribution in [3.63, 3.8) is 0 Å². The Morgan fingerprint density at radius 3 is 2.62 bits per heavy atom. The van der Waals surface area contributed by atoms with Crippen LogP contribution in [0.25, 0.3) is 21.8 Å². The van der Waals surface area contributed by atoms with Gasteiger partial charge in [0, 0.05) is 28.7 Å². The van der Waals surface area contributed by atoms with Gasteiger partial charge in [-0.1, -0.05) is 36.4 Å². The lowest BCUT2D eigenvalue weighted by molar-refractivity contribution is 0.0940. The third-order valence-electron chi connectivity index (χ3n) is 7.60. The lowest BCUT2D eigenvalue weighted by Gasteiger charge is -2.24. The topological polar surface area (TPSA) is 117 Å². The fourth-order valence-electron chi connectivity index (χ4n) is 5.64. The van der Waals surface area contributed by atoms with E-state index >= 15 is 0 Å². The summed E-state index contributed by atoms with van der Waals surface area (Å²) in [7, 11) is 0. The molecule has 4 N–H and O–H groups in total. The van der Waals surface area contributed by atoms with Crippen LogP contribution in [0.1, 0.15) is 34.3 Å². The number of nitrogens with one attached hydrogen (secondary N) is 4. The Morgan fingerprint density at radius 1 is 0.974 bits per heavy atom. The molecule has 3 heterocycles. The molecule has 2 aliphatic rings. The van der Waals surface area contributed by atoms with Gasteiger partial charge in [-0.2, -0.15) is 5.10 Å². The van der Waals surface area contributed by atoms with Crippen molar-refractivity contribution in [2.75, 3.05) is 18.4 Å². The fraction of sp³-hybridized carbons (Fsp3) is 0.267. The van der Waals surface area contributed by atoms with Gasteiger partial charge in [-0.3, -0.25) is 9.89 Å². The molecule has 9 nitrogen and oxygen atoms in total. The minimum atomic E-state index is -0.125. The Bertz CT molecular complexity index is 1650. The van der Waals surface area contributed by atoms with Gasteiger partial charge in [-0.25, -0.2) is 9.97 Å². The van der Waals surface area contributed by atoms with Gasteiger partial charge in [0.1, 0.15) is 17.4 Å². The maximum absolute atomic E-state index is 13.4. The summed E-state index contributed by atoms with van der Waals surface area (Å²) >= 11 is 0. The molecular weight excluding hydrogens is 490 g/mol. The summed E-state index contributed by atoms with van der Waals surface area (Å²) in [5.74, 6) is 1.06. The molecule has 2 aromatic heterocycles. The van der Waals surface area contributed by atoms with E-state index in [-0.39, 0.29) is 18.1 Å². The van der Waals surface area contributed by atoms with Crippen molar-refractivity contribution in [1.29, 1.82) is 0 Å². The standard InChI is InChI=1S/C30H29N7O2/c38-29(34-21-12-18-4-1-2-5-19(18)13-21)24-14-22(15-26-25(24)17-33-37-26)35-30-32-16-20-6-3-7-27(28(20)36-30)39-23-8-10-31-11-9-23/h1-7,14-17,21,23,31H,8-13H2,(H,33,37)(H,34,38)(H,32,35,36). The van der Waals surface area contributed by atoms with E-state index in [4.69, 9.17) is 9.72 Å². The van der Waals surface area contributed by atoms with Gasteiger partial charge in [0.15, 0.2) is 0 Å². The van der Waals surface area contributed by atoms with E-state index in [9.17, 15) is 4.79 Å². The van der Waals surface area contributed by atoms with Gasteiger partial charge in [-0.15, -0.1) is 0 Å². The molecule has 196 valence electrons.